The molecule has 1 heterocycles. The summed E-state index contributed by atoms with van der Waals surface area (Å²) in [5.74, 6) is -0.488. The van der Waals surface area contributed by atoms with Crippen LogP contribution in [0.4, 0.5) is 5.69 Å². The lowest BCUT2D eigenvalue weighted by Gasteiger charge is -2.16. The van der Waals surface area contributed by atoms with Crippen molar-refractivity contribution in [1.29, 1.82) is 0 Å². The highest BCUT2D eigenvalue weighted by atomic mass is 16.2. The molecule has 100 valence electrons. The van der Waals surface area contributed by atoms with E-state index in [1.54, 1.807) is 24.3 Å². The largest absolute Gasteiger partial charge is 0.367 e. The Morgan fingerprint density at radius 3 is 2.05 bits per heavy atom. The van der Waals surface area contributed by atoms with E-state index in [-0.39, 0.29) is 18.5 Å². The Kier molecular flexibility index (Phi) is 2.99. The molecule has 2 aromatic carbocycles. The van der Waals surface area contributed by atoms with E-state index in [4.69, 9.17) is 0 Å². The summed E-state index contributed by atoms with van der Waals surface area (Å²) in [6.45, 7) is 2.15. The van der Waals surface area contributed by atoms with Crippen molar-refractivity contribution in [2.75, 3.05) is 12.0 Å². The summed E-state index contributed by atoms with van der Waals surface area (Å²) in [6.07, 6.45) is 0. The first-order valence-corrected chi connectivity index (χ1v) is 6.43. The first-order valence-electron chi connectivity index (χ1n) is 6.43. The lowest BCUT2D eigenvalue weighted by molar-refractivity contribution is 0.0666. The van der Waals surface area contributed by atoms with Crippen molar-refractivity contribution in [2.45, 2.75) is 6.92 Å². The molecule has 0 bridgehead atoms. The Labute approximate surface area is 117 Å². The Balaban J connectivity index is 1.79. The van der Waals surface area contributed by atoms with Crippen LogP contribution >= 0.6 is 0 Å². The number of fused-ring (bicyclic) bond motifs is 1. The summed E-state index contributed by atoms with van der Waals surface area (Å²) in [7, 11) is 0. The summed E-state index contributed by atoms with van der Waals surface area (Å²) in [5, 5.41) is 3.13. The lowest BCUT2D eigenvalue weighted by Crippen LogP contribution is -2.34. The number of imide groups is 1. The van der Waals surface area contributed by atoms with Crippen LogP contribution in [0.3, 0.4) is 0 Å². The molecule has 3 rings (SSSR count). The molecule has 1 aliphatic rings. The number of para-hydroxylation sites is 1. The number of carbonyl (C=O) groups is 2. The van der Waals surface area contributed by atoms with E-state index in [1.807, 2.05) is 31.2 Å². The smallest absolute Gasteiger partial charge is 0.263 e. The van der Waals surface area contributed by atoms with Crippen LogP contribution in [0.15, 0.2) is 48.5 Å². The van der Waals surface area contributed by atoms with Crippen molar-refractivity contribution >= 4 is 17.5 Å². The van der Waals surface area contributed by atoms with E-state index < -0.39 is 0 Å². The first kappa shape index (κ1) is 12.4. The Bertz CT molecular complexity index is 659. The summed E-state index contributed by atoms with van der Waals surface area (Å²) < 4.78 is 0. The highest BCUT2D eigenvalue weighted by molar-refractivity contribution is 6.21. The Morgan fingerprint density at radius 2 is 1.45 bits per heavy atom. The number of amides is 2. The molecule has 2 aromatic rings. The van der Waals surface area contributed by atoms with E-state index in [1.165, 1.54) is 4.90 Å². The number of carbonyl (C=O) groups excluding carboxylic acids is 2. The fraction of sp³-hybridized carbons (Fsp3) is 0.125. The second-order valence-corrected chi connectivity index (χ2v) is 4.73. The van der Waals surface area contributed by atoms with Gasteiger partial charge in [-0.3, -0.25) is 14.5 Å². The molecule has 0 aromatic heterocycles. The number of hydrogen-bond acceptors (Lipinski definition) is 3. The van der Waals surface area contributed by atoms with Gasteiger partial charge in [0, 0.05) is 5.69 Å². The normalized spacial score (nSPS) is 13.6. The molecular weight excluding hydrogens is 252 g/mol. The molecule has 2 amide bonds. The molecule has 1 aliphatic heterocycles. The second-order valence-electron chi connectivity index (χ2n) is 4.73. The van der Waals surface area contributed by atoms with Crippen LogP contribution in [-0.2, 0) is 0 Å². The number of rotatable bonds is 3. The SMILES string of the molecule is Cc1ccccc1NCN1C(=O)c2ccccc2C1=O. The van der Waals surface area contributed by atoms with E-state index >= 15 is 0 Å². The van der Waals surface area contributed by atoms with E-state index in [9.17, 15) is 9.59 Å². The molecule has 0 fully saturated rings. The zero-order chi connectivity index (χ0) is 14.1. The third-order valence-corrected chi connectivity index (χ3v) is 3.45. The van der Waals surface area contributed by atoms with Crippen LogP contribution < -0.4 is 5.32 Å². The van der Waals surface area contributed by atoms with Crippen LogP contribution in [-0.4, -0.2) is 23.4 Å². The van der Waals surface area contributed by atoms with E-state index in [2.05, 4.69) is 5.32 Å². The molecule has 4 nitrogen and oxygen atoms in total. The Hall–Kier alpha value is -2.62. The van der Waals surface area contributed by atoms with Gasteiger partial charge in [-0.2, -0.15) is 0 Å². The van der Waals surface area contributed by atoms with Gasteiger partial charge in [-0.05, 0) is 30.7 Å². The van der Waals surface area contributed by atoms with Crippen molar-refractivity contribution in [3.05, 3.63) is 65.2 Å². The molecule has 0 radical (unpaired) electrons. The van der Waals surface area contributed by atoms with Crippen molar-refractivity contribution in [3.8, 4) is 0 Å². The third-order valence-electron chi connectivity index (χ3n) is 3.45. The minimum Gasteiger partial charge on any atom is -0.367 e. The molecule has 0 spiro atoms. The number of nitrogens with one attached hydrogen (secondary N) is 1. The van der Waals surface area contributed by atoms with E-state index in [0.717, 1.165) is 11.3 Å². The fourth-order valence-corrected chi connectivity index (χ4v) is 2.32. The quantitative estimate of drug-likeness (QED) is 0.869. The van der Waals surface area contributed by atoms with Gasteiger partial charge in [0.25, 0.3) is 11.8 Å². The monoisotopic (exact) mass is 266 g/mol. The zero-order valence-electron chi connectivity index (χ0n) is 11.1. The lowest BCUT2D eigenvalue weighted by atomic mass is 10.1. The fourth-order valence-electron chi connectivity index (χ4n) is 2.32. The molecule has 0 saturated heterocycles. The number of aryl methyl sites for hydroxylation is 1. The molecule has 0 atom stereocenters. The number of anilines is 1. The van der Waals surface area contributed by atoms with Crippen LogP contribution in [0, 0.1) is 6.92 Å². The number of hydrogen-bond donors (Lipinski definition) is 1. The summed E-state index contributed by atoms with van der Waals surface area (Å²) in [4.78, 5) is 25.6. The molecule has 0 aliphatic carbocycles. The van der Waals surface area contributed by atoms with Gasteiger partial charge in [-0.1, -0.05) is 30.3 Å². The zero-order valence-corrected chi connectivity index (χ0v) is 11.1. The summed E-state index contributed by atoms with van der Waals surface area (Å²) >= 11 is 0. The van der Waals surface area contributed by atoms with Crippen molar-refractivity contribution < 1.29 is 9.59 Å². The highest BCUT2D eigenvalue weighted by Gasteiger charge is 2.34. The third kappa shape index (κ3) is 1.95. The van der Waals surface area contributed by atoms with Gasteiger partial charge in [0.15, 0.2) is 0 Å². The topological polar surface area (TPSA) is 49.4 Å². The molecule has 0 unspecified atom stereocenters. The number of benzene rings is 2. The predicted molar refractivity (Wildman–Crippen MR) is 76.6 cm³/mol. The first-order chi connectivity index (χ1) is 9.68. The number of nitrogens with zero attached hydrogens (tertiary/aromatic N) is 1. The Morgan fingerprint density at radius 1 is 0.900 bits per heavy atom. The maximum atomic E-state index is 12.2. The van der Waals surface area contributed by atoms with Crippen LogP contribution in [0.25, 0.3) is 0 Å². The van der Waals surface area contributed by atoms with Crippen molar-refractivity contribution in [1.82, 2.24) is 4.90 Å². The van der Waals surface area contributed by atoms with Gasteiger partial charge in [0.05, 0.1) is 17.8 Å². The van der Waals surface area contributed by atoms with Crippen molar-refractivity contribution in [3.63, 3.8) is 0 Å². The van der Waals surface area contributed by atoms with Gasteiger partial charge in [0.1, 0.15) is 0 Å². The van der Waals surface area contributed by atoms with Gasteiger partial charge in [-0.25, -0.2) is 0 Å². The van der Waals surface area contributed by atoms with E-state index in [0.29, 0.717) is 11.1 Å². The van der Waals surface area contributed by atoms with Crippen LogP contribution in [0.5, 0.6) is 0 Å². The average Bonchev–Trinajstić information content (AvgIpc) is 2.71. The maximum Gasteiger partial charge on any atom is 0.263 e. The average molecular weight is 266 g/mol. The minimum absolute atomic E-state index is 0.178. The maximum absolute atomic E-state index is 12.2. The molecular formula is C16H14N2O2. The summed E-state index contributed by atoms with van der Waals surface area (Å²) in [5.41, 5.74) is 2.95. The predicted octanol–water partition coefficient (Wildman–Crippen LogP) is 2.66. The van der Waals surface area contributed by atoms with Crippen LogP contribution in [0.1, 0.15) is 26.3 Å². The molecule has 1 N–H and O–H groups in total. The molecule has 4 heteroatoms. The minimum atomic E-state index is -0.244. The highest BCUT2D eigenvalue weighted by Crippen LogP contribution is 2.22. The van der Waals surface area contributed by atoms with Gasteiger partial charge in [0.2, 0.25) is 0 Å². The van der Waals surface area contributed by atoms with Gasteiger partial charge >= 0.3 is 0 Å². The standard InChI is InChI=1S/C16H14N2O2/c1-11-6-2-5-9-14(11)17-10-18-15(19)12-7-3-4-8-13(12)16(18)20/h2-9,17H,10H2,1H3. The van der Waals surface area contributed by atoms with Gasteiger partial charge < -0.3 is 5.32 Å². The van der Waals surface area contributed by atoms with Crippen LogP contribution in [0.2, 0.25) is 0 Å². The van der Waals surface area contributed by atoms with Crippen molar-refractivity contribution in [2.24, 2.45) is 0 Å². The summed E-state index contributed by atoms with van der Waals surface area (Å²) in [6, 6.07) is 14.7. The van der Waals surface area contributed by atoms with Gasteiger partial charge in [-0.15, -0.1) is 0 Å². The second kappa shape index (κ2) is 4.81. The molecule has 0 saturated carbocycles. The molecule has 20 heavy (non-hydrogen) atoms.